The number of carbonyl (C=O) groups excluding carboxylic acids is 2. The Labute approximate surface area is 131 Å². The minimum absolute atomic E-state index is 0.0449. The molecule has 0 saturated heterocycles. The number of benzene rings is 1. The molecule has 24 heavy (non-hydrogen) atoms. The third kappa shape index (κ3) is 3.31. The average molecular weight is 345 g/mol. The second-order valence-corrected chi connectivity index (χ2v) is 4.48. The molecule has 0 bridgehead atoms. The van der Waals surface area contributed by atoms with Crippen LogP contribution in [0.3, 0.4) is 0 Å². The number of nitrogens with zero attached hydrogens (tertiary/aromatic N) is 2. The molecule has 0 spiro atoms. The first-order valence-corrected chi connectivity index (χ1v) is 6.24. The number of rotatable bonds is 2. The molecule has 0 fully saturated rings. The van der Waals surface area contributed by atoms with Crippen LogP contribution in [0.15, 0.2) is 36.5 Å². The summed E-state index contributed by atoms with van der Waals surface area (Å²) in [6.07, 6.45) is -4.10. The van der Waals surface area contributed by atoms with Crippen molar-refractivity contribution in [3.8, 4) is 0 Å². The van der Waals surface area contributed by atoms with Crippen molar-refractivity contribution in [1.82, 2.24) is 4.98 Å². The topological polar surface area (TPSA) is 76.3 Å². The zero-order chi connectivity index (χ0) is 18.1. The molecule has 1 aromatic carbocycles. The van der Waals surface area contributed by atoms with Gasteiger partial charge < -0.3 is 5.73 Å². The second-order valence-electron chi connectivity index (χ2n) is 4.48. The lowest BCUT2D eigenvalue weighted by atomic mass is 10.1. The van der Waals surface area contributed by atoms with Gasteiger partial charge in [-0.3, -0.25) is 4.79 Å². The monoisotopic (exact) mass is 345 g/mol. The van der Waals surface area contributed by atoms with E-state index in [9.17, 15) is 31.5 Å². The van der Waals surface area contributed by atoms with E-state index in [0.717, 1.165) is 18.2 Å². The first-order valence-electron chi connectivity index (χ1n) is 6.24. The maximum absolute atomic E-state index is 13.7. The van der Waals surface area contributed by atoms with Gasteiger partial charge in [0.1, 0.15) is 23.0 Å². The van der Waals surface area contributed by atoms with E-state index < -0.39 is 46.7 Å². The van der Waals surface area contributed by atoms with Crippen molar-refractivity contribution in [2.24, 2.45) is 5.73 Å². The summed E-state index contributed by atoms with van der Waals surface area (Å²) in [6.45, 7) is 0. The van der Waals surface area contributed by atoms with Gasteiger partial charge in [-0.1, -0.05) is 6.07 Å². The molecule has 126 valence electrons. The van der Waals surface area contributed by atoms with Crippen LogP contribution in [-0.2, 0) is 6.18 Å². The molecule has 3 amide bonds. The minimum atomic E-state index is -4.78. The van der Waals surface area contributed by atoms with E-state index in [2.05, 4.69) is 4.98 Å². The lowest BCUT2D eigenvalue weighted by Crippen LogP contribution is -2.42. The summed E-state index contributed by atoms with van der Waals surface area (Å²) in [5, 5.41) is 0. The van der Waals surface area contributed by atoms with Gasteiger partial charge in [0, 0.05) is 6.20 Å². The molecular formula is C14H8F5N3O2. The molecule has 0 radical (unpaired) electrons. The van der Waals surface area contributed by atoms with Crippen LogP contribution in [0.4, 0.5) is 32.6 Å². The molecule has 2 rings (SSSR count). The maximum Gasteiger partial charge on any atom is 0.416 e. The number of aromatic nitrogens is 1. The molecule has 10 heteroatoms. The number of pyridine rings is 1. The van der Waals surface area contributed by atoms with Gasteiger partial charge in [-0.2, -0.15) is 13.2 Å². The molecule has 0 aliphatic heterocycles. The molecule has 0 saturated carbocycles. The zero-order valence-corrected chi connectivity index (χ0v) is 11.6. The summed E-state index contributed by atoms with van der Waals surface area (Å²) in [5.41, 5.74) is 2.60. The van der Waals surface area contributed by atoms with Crippen LogP contribution in [0.2, 0.25) is 0 Å². The van der Waals surface area contributed by atoms with Crippen LogP contribution in [0.5, 0.6) is 0 Å². The Bertz CT molecular complexity index is 787. The summed E-state index contributed by atoms with van der Waals surface area (Å²) in [6, 6.07) is 1.87. The lowest BCUT2D eigenvalue weighted by Gasteiger charge is -2.19. The van der Waals surface area contributed by atoms with E-state index in [0.29, 0.717) is 18.3 Å². The average Bonchev–Trinajstić information content (AvgIpc) is 2.46. The Kier molecular flexibility index (Phi) is 4.49. The van der Waals surface area contributed by atoms with Crippen LogP contribution in [-0.4, -0.2) is 16.9 Å². The van der Waals surface area contributed by atoms with Gasteiger partial charge in [-0.15, -0.1) is 0 Å². The van der Waals surface area contributed by atoms with Crippen molar-refractivity contribution in [3.63, 3.8) is 0 Å². The summed E-state index contributed by atoms with van der Waals surface area (Å²) < 4.78 is 65.5. The SMILES string of the molecule is NC(=O)N(C(=O)c1c(F)cccc1F)c1cc(C(F)(F)F)ccn1. The Morgan fingerprint density at radius 1 is 1.08 bits per heavy atom. The Balaban J connectivity index is 2.55. The summed E-state index contributed by atoms with van der Waals surface area (Å²) in [7, 11) is 0. The summed E-state index contributed by atoms with van der Waals surface area (Å²) >= 11 is 0. The number of anilines is 1. The third-order valence-electron chi connectivity index (χ3n) is 2.90. The zero-order valence-electron chi connectivity index (χ0n) is 11.6. The fourth-order valence-electron chi connectivity index (χ4n) is 1.85. The molecule has 1 aromatic heterocycles. The number of amides is 3. The molecule has 0 unspecified atom stereocenters. The molecule has 0 atom stereocenters. The number of imide groups is 1. The number of alkyl halides is 3. The standard InChI is InChI=1S/C14H8F5N3O2/c15-8-2-1-3-9(16)11(8)12(23)22(13(20)24)10-6-7(4-5-21-10)14(17,18)19/h1-6H,(H2,20,24). The molecule has 1 heterocycles. The minimum Gasteiger partial charge on any atom is -0.351 e. The highest BCUT2D eigenvalue weighted by atomic mass is 19.4. The number of hydrogen-bond acceptors (Lipinski definition) is 3. The number of nitrogens with two attached hydrogens (primary N) is 1. The smallest absolute Gasteiger partial charge is 0.351 e. The number of halogens is 5. The summed E-state index contributed by atoms with van der Waals surface area (Å²) in [5.74, 6) is -5.01. The van der Waals surface area contributed by atoms with E-state index in [-0.39, 0.29) is 4.90 Å². The highest BCUT2D eigenvalue weighted by Gasteiger charge is 2.34. The second kappa shape index (κ2) is 6.22. The van der Waals surface area contributed by atoms with Crippen molar-refractivity contribution in [1.29, 1.82) is 0 Å². The van der Waals surface area contributed by atoms with Crippen molar-refractivity contribution in [3.05, 3.63) is 59.3 Å². The molecule has 0 aliphatic carbocycles. The van der Waals surface area contributed by atoms with Gasteiger partial charge in [0.05, 0.1) is 5.56 Å². The van der Waals surface area contributed by atoms with Gasteiger partial charge >= 0.3 is 12.2 Å². The number of urea groups is 1. The fraction of sp³-hybridized carbons (Fsp3) is 0.0714. The predicted molar refractivity (Wildman–Crippen MR) is 72.0 cm³/mol. The normalized spacial score (nSPS) is 11.2. The van der Waals surface area contributed by atoms with Gasteiger partial charge in [0.15, 0.2) is 0 Å². The number of primary amides is 1. The predicted octanol–water partition coefficient (Wildman–Crippen LogP) is 3.10. The van der Waals surface area contributed by atoms with Crippen molar-refractivity contribution in [2.45, 2.75) is 6.18 Å². The Morgan fingerprint density at radius 2 is 1.67 bits per heavy atom. The van der Waals surface area contributed by atoms with Gasteiger partial charge in [0.2, 0.25) is 0 Å². The molecular weight excluding hydrogens is 337 g/mol. The highest BCUT2D eigenvalue weighted by molar-refractivity contribution is 6.19. The quantitative estimate of drug-likeness (QED) is 0.850. The molecule has 0 aliphatic rings. The molecule has 2 aromatic rings. The van der Waals surface area contributed by atoms with E-state index in [1.54, 1.807) is 0 Å². The highest BCUT2D eigenvalue weighted by Crippen LogP contribution is 2.31. The van der Waals surface area contributed by atoms with Gasteiger partial charge in [-0.05, 0) is 24.3 Å². The Morgan fingerprint density at radius 3 is 2.17 bits per heavy atom. The van der Waals surface area contributed by atoms with Gasteiger partial charge in [0.25, 0.3) is 5.91 Å². The van der Waals surface area contributed by atoms with E-state index >= 15 is 0 Å². The van der Waals surface area contributed by atoms with Crippen LogP contribution >= 0.6 is 0 Å². The van der Waals surface area contributed by atoms with E-state index in [1.807, 2.05) is 0 Å². The Hall–Kier alpha value is -3.04. The van der Waals surface area contributed by atoms with Crippen LogP contribution in [0, 0.1) is 11.6 Å². The van der Waals surface area contributed by atoms with Crippen LogP contribution < -0.4 is 10.6 Å². The van der Waals surface area contributed by atoms with Crippen molar-refractivity contribution in [2.75, 3.05) is 4.90 Å². The van der Waals surface area contributed by atoms with Crippen LogP contribution in [0.25, 0.3) is 0 Å². The summed E-state index contributed by atoms with van der Waals surface area (Å²) in [4.78, 5) is 27.1. The largest absolute Gasteiger partial charge is 0.416 e. The fourth-order valence-corrected chi connectivity index (χ4v) is 1.85. The number of hydrogen-bond donors (Lipinski definition) is 1. The number of carbonyl (C=O) groups is 2. The van der Waals surface area contributed by atoms with Crippen LogP contribution in [0.1, 0.15) is 15.9 Å². The molecule has 5 nitrogen and oxygen atoms in total. The van der Waals surface area contributed by atoms with E-state index in [4.69, 9.17) is 5.73 Å². The molecule has 2 N–H and O–H groups in total. The first kappa shape index (κ1) is 17.3. The van der Waals surface area contributed by atoms with E-state index in [1.165, 1.54) is 0 Å². The van der Waals surface area contributed by atoms with Gasteiger partial charge in [-0.25, -0.2) is 23.5 Å². The van der Waals surface area contributed by atoms with Crippen molar-refractivity contribution >= 4 is 17.8 Å². The lowest BCUT2D eigenvalue weighted by molar-refractivity contribution is -0.137. The first-order chi connectivity index (χ1) is 11.1. The third-order valence-corrected chi connectivity index (χ3v) is 2.90. The van der Waals surface area contributed by atoms with Crippen molar-refractivity contribution < 1.29 is 31.5 Å². The maximum atomic E-state index is 13.7.